The van der Waals surface area contributed by atoms with Crippen molar-refractivity contribution in [3.8, 4) is 11.5 Å². The van der Waals surface area contributed by atoms with E-state index in [2.05, 4.69) is 6.92 Å². The summed E-state index contributed by atoms with van der Waals surface area (Å²) in [6.45, 7) is 6.12. The highest BCUT2D eigenvalue weighted by Crippen LogP contribution is 2.31. The van der Waals surface area contributed by atoms with E-state index in [0.717, 1.165) is 38.1 Å². The predicted molar refractivity (Wildman–Crippen MR) is 97.6 cm³/mol. The summed E-state index contributed by atoms with van der Waals surface area (Å²) in [6, 6.07) is 6.28. The summed E-state index contributed by atoms with van der Waals surface area (Å²) in [5, 5.41) is 0. The maximum Gasteiger partial charge on any atom is 0.258 e. The summed E-state index contributed by atoms with van der Waals surface area (Å²) >= 11 is 0. The van der Waals surface area contributed by atoms with Crippen LogP contribution in [0.3, 0.4) is 0 Å². The third kappa shape index (κ3) is 3.92. The molecule has 1 amide bonds. The van der Waals surface area contributed by atoms with Crippen LogP contribution in [0, 0.1) is 5.92 Å². The van der Waals surface area contributed by atoms with E-state index in [9.17, 15) is 4.79 Å². The van der Waals surface area contributed by atoms with Crippen molar-refractivity contribution in [2.45, 2.75) is 38.6 Å². The van der Waals surface area contributed by atoms with Crippen molar-refractivity contribution in [1.82, 2.24) is 4.90 Å². The fourth-order valence-electron chi connectivity index (χ4n) is 4.44. The molecule has 1 aliphatic heterocycles. The minimum Gasteiger partial charge on any atom is -0.493 e. The number of rotatable bonds is 4. The van der Waals surface area contributed by atoms with E-state index in [1.807, 2.05) is 23.1 Å². The van der Waals surface area contributed by atoms with Crippen LogP contribution in [-0.2, 0) is 0 Å². The molecule has 0 bridgehead atoms. The summed E-state index contributed by atoms with van der Waals surface area (Å²) in [7, 11) is 3.18. The molecule has 2 fully saturated rings. The molecule has 0 spiro atoms. The lowest BCUT2D eigenvalue weighted by Crippen LogP contribution is -3.18. The fraction of sp³-hybridized carbons (Fsp3) is 0.650. The second-order valence-corrected chi connectivity index (χ2v) is 7.46. The standard InChI is InChI=1S/C20H30N2O3/c1-15-6-4-7-16(14-15)21-10-12-22(13-11-21)20(23)17-8-5-9-18(24-2)19(17)25-3/h5,8-9,15-16H,4,6-7,10-14H2,1-3H3/p+1/t15-,16+/m1/s1. The number of nitrogens with one attached hydrogen (secondary N) is 1. The van der Waals surface area contributed by atoms with Gasteiger partial charge in [-0.25, -0.2) is 0 Å². The first kappa shape index (κ1) is 18.1. The van der Waals surface area contributed by atoms with Crippen LogP contribution in [0.4, 0.5) is 0 Å². The summed E-state index contributed by atoms with van der Waals surface area (Å²) < 4.78 is 10.8. The average molecular weight is 347 g/mol. The summed E-state index contributed by atoms with van der Waals surface area (Å²) in [5.74, 6) is 2.04. The number of hydrogen-bond donors (Lipinski definition) is 1. The molecule has 3 rings (SSSR count). The van der Waals surface area contributed by atoms with Gasteiger partial charge < -0.3 is 19.3 Å². The lowest BCUT2D eigenvalue weighted by Gasteiger charge is -2.39. The zero-order valence-electron chi connectivity index (χ0n) is 15.7. The Morgan fingerprint density at radius 1 is 1.16 bits per heavy atom. The monoisotopic (exact) mass is 347 g/mol. The molecule has 1 aromatic rings. The first-order chi connectivity index (χ1) is 12.1. The molecular formula is C20H31N2O3+. The number of methoxy groups -OCH3 is 2. The van der Waals surface area contributed by atoms with E-state index in [-0.39, 0.29) is 5.91 Å². The van der Waals surface area contributed by atoms with Crippen molar-refractivity contribution in [2.24, 2.45) is 5.92 Å². The highest BCUT2D eigenvalue weighted by Gasteiger charge is 2.33. The van der Waals surface area contributed by atoms with Crippen LogP contribution in [0.1, 0.15) is 43.0 Å². The molecule has 2 aliphatic rings. The Hall–Kier alpha value is -1.75. The number of amides is 1. The van der Waals surface area contributed by atoms with Gasteiger partial charge in [0, 0.05) is 6.42 Å². The summed E-state index contributed by atoms with van der Waals surface area (Å²) in [5.41, 5.74) is 0.594. The van der Waals surface area contributed by atoms with Crippen molar-refractivity contribution in [1.29, 1.82) is 0 Å². The lowest BCUT2D eigenvalue weighted by molar-refractivity contribution is -0.930. The van der Waals surface area contributed by atoms with Gasteiger partial charge in [-0.1, -0.05) is 19.4 Å². The summed E-state index contributed by atoms with van der Waals surface area (Å²) in [6.07, 6.45) is 5.42. The number of quaternary nitrogens is 1. The lowest BCUT2D eigenvalue weighted by atomic mass is 9.86. The topological polar surface area (TPSA) is 43.2 Å². The molecular weight excluding hydrogens is 316 g/mol. The van der Waals surface area contributed by atoms with Gasteiger partial charge in [-0.3, -0.25) is 4.79 Å². The van der Waals surface area contributed by atoms with Crippen molar-refractivity contribution in [3.05, 3.63) is 23.8 Å². The normalized spacial score (nSPS) is 24.8. The third-order valence-electron chi connectivity index (χ3n) is 5.84. The number of nitrogens with zero attached hydrogens (tertiary/aromatic N) is 1. The van der Waals surface area contributed by atoms with E-state index >= 15 is 0 Å². The van der Waals surface area contributed by atoms with Gasteiger partial charge >= 0.3 is 0 Å². The molecule has 1 heterocycles. The van der Waals surface area contributed by atoms with E-state index in [0.29, 0.717) is 17.1 Å². The molecule has 25 heavy (non-hydrogen) atoms. The molecule has 5 heteroatoms. The van der Waals surface area contributed by atoms with E-state index in [1.54, 1.807) is 19.1 Å². The highest BCUT2D eigenvalue weighted by atomic mass is 16.5. The molecule has 0 aromatic heterocycles. The highest BCUT2D eigenvalue weighted by molar-refractivity contribution is 5.97. The van der Waals surface area contributed by atoms with Gasteiger partial charge in [0.15, 0.2) is 11.5 Å². The zero-order valence-corrected chi connectivity index (χ0v) is 15.7. The van der Waals surface area contributed by atoms with Crippen molar-refractivity contribution < 1.29 is 19.2 Å². The maximum absolute atomic E-state index is 13.0. The molecule has 138 valence electrons. The second-order valence-electron chi connectivity index (χ2n) is 7.46. The van der Waals surface area contributed by atoms with Gasteiger partial charge in [-0.15, -0.1) is 0 Å². The SMILES string of the molecule is COc1cccc(C(=O)N2CC[NH+]([C@H]3CCC[C@@H](C)C3)CC2)c1OC. The van der Waals surface area contributed by atoms with Crippen molar-refractivity contribution in [3.63, 3.8) is 0 Å². The predicted octanol–water partition coefficient (Wildman–Crippen LogP) is 1.62. The molecule has 1 saturated carbocycles. The van der Waals surface area contributed by atoms with E-state index in [1.165, 1.54) is 25.7 Å². The fourth-order valence-corrected chi connectivity index (χ4v) is 4.44. The van der Waals surface area contributed by atoms with Gasteiger partial charge in [0.25, 0.3) is 5.91 Å². The van der Waals surface area contributed by atoms with Crippen molar-refractivity contribution >= 4 is 5.91 Å². The first-order valence-corrected chi connectivity index (χ1v) is 9.49. The van der Waals surface area contributed by atoms with Crippen LogP contribution >= 0.6 is 0 Å². The van der Waals surface area contributed by atoms with Gasteiger partial charge in [0.2, 0.25) is 0 Å². The molecule has 1 aliphatic carbocycles. The van der Waals surface area contributed by atoms with E-state index in [4.69, 9.17) is 9.47 Å². The Morgan fingerprint density at radius 2 is 1.92 bits per heavy atom. The number of ether oxygens (including phenoxy) is 2. The smallest absolute Gasteiger partial charge is 0.258 e. The second kappa shape index (κ2) is 8.09. The van der Waals surface area contributed by atoms with Crippen LogP contribution in [0.2, 0.25) is 0 Å². The van der Waals surface area contributed by atoms with Crippen LogP contribution in [-0.4, -0.2) is 57.2 Å². The zero-order chi connectivity index (χ0) is 17.8. The number of benzene rings is 1. The Bertz CT molecular complexity index is 597. The number of carbonyl (C=O) groups is 1. The Kier molecular flexibility index (Phi) is 5.84. The molecule has 0 radical (unpaired) electrons. The maximum atomic E-state index is 13.0. The number of hydrogen-bond acceptors (Lipinski definition) is 3. The van der Waals surface area contributed by atoms with Crippen LogP contribution < -0.4 is 14.4 Å². The molecule has 1 aromatic carbocycles. The first-order valence-electron chi connectivity index (χ1n) is 9.49. The van der Waals surface area contributed by atoms with Crippen LogP contribution in [0.15, 0.2) is 18.2 Å². The van der Waals surface area contributed by atoms with Gasteiger partial charge in [0.1, 0.15) is 0 Å². The van der Waals surface area contributed by atoms with Crippen molar-refractivity contribution in [2.75, 3.05) is 40.4 Å². The minimum atomic E-state index is 0.0480. The van der Waals surface area contributed by atoms with Crippen LogP contribution in [0.25, 0.3) is 0 Å². The third-order valence-corrected chi connectivity index (χ3v) is 5.84. The molecule has 0 unspecified atom stereocenters. The van der Waals surface area contributed by atoms with Gasteiger partial charge in [-0.2, -0.15) is 0 Å². The van der Waals surface area contributed by atoms with E-state index < -0.39 is 0 Å². The number of piperazine rings is 1. The number of carbonyl (C=O) groups excluding carboxylic acids is 1. The average Bonchev–Trinajstić information content (AvgIpc) is 2.66. The molecule has 1 N–H and O–H groups in total. The Morgan fingerprint density at radius 3 is 2.56 bits per heavy atom. The largest absolute Gasteiger partial charge is 0.493 e. The van der Waals surface area contributed by atoms with Crippen LogP contribution in [0.5, 0.6) is 11.5 Å². The quantitative estimate of drug-likeness (QED) is 0.900. The Balaban J connectivity index is 1.64. The summed E-state index contributed by atoms with van der Waals surface area (Å²) in [4.78, 5) is 16.6. The molecule has 1 saturated heterocycles. The van der Waals surface area contributed by atoms with Gasteiger partial charge in [0.05, 0.1) is 52.0 Å². The van der Waals surface area contributed by atoms with Gasteiger partial charge in [-0.05, 0) is 30.9 Å². The molecule has 5 nitrogen and oxygen atoms in total. The Labute approximate surface area is 150 Å². The molecule has 2 atom stereocenters. The minimum absolute atomic E-state index is 0.0480. The number of para-hydroxylation sites is 1.